The molecular formula is C16H20BrNO. The van der Waals surface area contributed by atoms with Gasteiger partial charge in [0.05, 0.1) is 6.10 Å². The van der Waals surface area contributed by atoms with E-state index in [0.717, 1.165) is 30.4 Å². The highest BCUT2D eigenvalue weighted by molar-refractivity contribution is 9.10. The molecule has 1 aliphatic heterocycles. The minimum atomic E-state index is -0.0373. The Morgan fingerprint density at radius 3 is 2.32 bits per heavy atom. The number of aliphatic hydroxyl groups excluding tert-OH is 1. The highest BCUT2D eigenvalue weighted by Gasteiger charge is 2.33. The normalized spacial score (nSPS) is 28.0. The van der Waals surface area contributed by atoms with Gasteiger partial charge in [-0.25, -0.2) is 0 Å². The molecule has 1 aliphatic carbocycles. The summed E-state index contributed by atoms with van der Waals surface area (Å²) in [7, 11) is 0. The molecule has 1 saturated carbocycles. The molecule has 0 spiro atoms. The fraction of sp³-hybridized carbons (Fsp3) is 0.500. The van der Waals surface area contributed by atoms with Gasteiger partial charge in [-0.3, -0.25) is 4.90 Å². The standard InChI is InChI=1S/C16H20BrNO/c17-14-3-1-12(2-4-14)9-13-5-7-18(8-6-13)15-10-16(19)11-15/h1-4,9,15-16,19H,5-8,10-11H2. The average Bonchev–Trinajstić information content (AvgIpc) is 2.39. The Labute approximate surface area is 123 Å². The zero-order chi connectivity index (χ0) is 13.2. The Morgan fingerprint density at radius 2 is 1.74 bits per heavy atom. The smallest absolute Gasteiger partial charge is 0.0570 e. The molecule has 19 heavy (non-hydrogen) atoms. The van der Waals surface area contributed by atoms with E-state index in [1.54, 1.807) is 5.57 Å². The third-order valence-electron chi connectivity index (χ3n) is 4.29. The van der Waals surface area contributed by atoms with E-state index < -0.39 is 0 Å². The number of hydrogen-bond donors (Lipinski definition) is 1. The maximum Gasteiger partial charge on any atom is 0.0570 e. The molecule has 0 unspecified atom stereocenters. The van der Waals surface area contributed by atoms with Crippen LogP contribution >= 0.6 is 15.9 Å². The predicted molar refractivity (Wildman–Crippen MR) is 82.0 cm³/mol. The van der Waals surface area contributed by atoms with Gasteiger partial charge in [-0.15, -0.1) is 0 Å². The SMILES string of the molecule is OC1CC(N2CCC(=Cc3ccc(Br)cc3)CC2)C1. The van der Waals surface area contributed by atoms with Crippen molar-refractivity contribution in [2.45, 2.75) is 37.8 Å². The second-order valence-corrected chi connectivity index (χ2v) is 6.58. The molecule has 1 saturated heterocycles. The van der Waals surface area contributed by atoms with Gasteiger partial charge in [0.2, 0.25) is 0 Å². The summed E-state index contributed by atoms with van der Waals surface area (Å²) in [6.07, 6.45) is 6.59. The van der Waals surface area contributed by atoms with Crippen LogP contribution in [0.3, 0.4) is 0 Å². The number of rotatable bonds is 2. The number of nitrogens with zero attached hydrogens (tertiary/aromatic N) is 1. The molecule has 3 heteroatoms. The molecule has 1 aromatic carbocycles. The quantitative estimate of drug-likeness (QED) is 0.901. The molecule has 2 aliphatic rings. The third kappa shape index (κ3) is 3.28. The van der Waals surface area contributed by atoms with Crippen molar-refractivity contribution >= 4 is 22.0 Å². The summed E-state index contributed by atoms with van der Waals surface area (Å²) in [5, 5.41) is 9.38. The molecule has 2 nitrogen and oxygen atoms in total. The highest BCUT2D eigenvalue weighted by Crippen LogP contribution is 2.29. The van der Waals surface area contributed by atoms with Crippen LogP contribution in [0.5, 0.6) is 0 Å². The van der Waals surface area contributed by atoms with Crippen LogP contribution in [0.25, 0.3) is 6.08 Å². The van der Waals surface area contributed by atoms with Crippen LogP contribution in [-0.4, -0.2) is 35.2 Å². The van der Waals surface area contributed by atoms with E-state index in [-0.39, 0.29) is 6.10 Å². The molecule has 1 N–H and O–H groups in total. The number of benzene rings is 1. The third-order valence-corrected chi connectivity index (χ3v) is 4.81. The van der Waals surface area contributed by atoms with Gasteiger partial charge in [0, 0.05) is 23.6 Å². The minimum absolute atomic E-state index is 0.0373. The maximum absolute atomic E-state index is 9.38. The van der Waals surface area contributed by atoms with Gasteiger partial charge in [-0.2, -0.15) is 0 Å². The molecule has 2 fully saturated rings. The van der Waals surface area contributed by atoms with Crippen LogP contribution in [0.2, 0.25) is 0 Å². The molecule has 0 atom stereocenters. The van der Waals surface area contributed by atoms with Crippen molar-refractivity contribution in [2.24, 2.45) is 0 Å². The zero-order valence-corrected chi connectivity index (χ0v) is 12.6. The van der Waals surface area contributed by atoms with E-state index in [4.69, 9.17) is 0 Å². The molecule has 102 valence electrons. The Hall–Kier alpha value is -0.640. The molecule has 1 heterocycles. The molecule has 0 amide bonds. The minimum Gasteiger partial charge on any atom is -0.393 e. The molecule has 0 radical (unpaired) electrons. The first-order chi connectivity index (χ1) is 9.20. The lowest BCUT2D eigenvalue weighted by atomic mass is 9.86. The van der Waals surface area contributed by atoms with Gasteiger partial charge in [-0.05, 0) is 43.4 Å². The number of aliphatic hydroxyl groups is 1. The molecule has 3 rings (SSSR count). The Bertz CT molecular complexity index is 452. The van der Waals surface area contributed by atoms with Gasteiger partial charge in [0.25, 0.3) is 0 Å². The van der Waals surface area contributed by atoms with E-state index in [1.165, 1.54) is 18.4 Å². The van der Waals surface area contributed by atoms with Gasteiger partial charge >= 0.3 is 0 Å². The van der Waals surface area contributed by atoms with Gasteiger partial charge in [0.1, 0.15) is 0 Å². The van der Waals surface area contributed by atoms with Crippen molar-refractivity contribution in [2.75, 3.05) is 13.1 Å². The van der Waals surface area contributed by atoms with Crippen LogP contribution in [0, 0.1) is 0 Å². The average molecular weight is 322 g/mol. The highest BCUT2D eigenvalue weighted by atomic mass is 79.9. The number of likely N-dealkylation sites (tertiary alicyclic amines) is 1. The fourth-order valence-electron chi connectivity index (χ4n) is 2.97. The van der Waals surface area contributed by atoms with E-state index in [2.05, 4.69) is 51.2 Å². The molecule has 1 aromatic rings. The van der Waals surface area contributed by atoms with Crippen molar-refractivity contribution < 1.29 is 5.11 Å². The Morgan fingerprint density at radius 1 is 1.11 bits per heavy atom. The van der Waals surface area contributed by atoms with Crippen molar-refractivity contribution in [1.82, 2.24) is 4.90 Å². The lowest BCUT2D eigenvalue weighted by molar-refractivity contribution is -0.00125. The summed E-state index contributed by atoms with van der Waals surface area (Å²) in [5.41, 5.74) is 2.85. The summed E-state index contributed by atoms with van der Waals surface area (Å²) in [5.74, 6) is 0. The first kappa shape index (κ1) is 13.3. The second-order valence-electron chi connectivity index (χ2n) is 5.67. The summed E-state index contributed by atoms with van der Waals surface area (Å²) in [4.78, 5) is 2.55. The van der Waals surface area contributed by atoms with E-state index >= 15 is 0 Å². The monoisotopic (exact) mass is 321 g/mol. The first-order valence-electron chi connectivity index (χ1n) is 7.08. The van der Waals surface area contributed by atoms with Crippen molar-refractivity contribution in [3.63, 3.8) is 0 Å². The lowest BCUT2D eigenvalue weighted by Crippen LogP contribution is -2.49. The number of hydrogen-bond acceptors (Lipinski definition) is 2. The lowest BCUT2D eigenvalue weighted by Gasteiger charge is -2.43. The molecular weight excluding hydrogens is 302 g/mol. The van der Waals surface area contributed by atoms with E-state index in [0.29, 0.717) is 6.04 Å². The van der Waals surface area contributed by atoms with Crippen molar-refractivity contribution in [3.8, 4) is 0 Å². The summed E-state index contributed by atoms with van der Waals surface area (Å²) in [6, 6.07) is 9.15. The first-order valence-corrected chi connectivity index (χ1v) is 7.87. The largest absolute Gasteiger partial charge is 0.393 e. The van der Waals surface area contributed by atoms with Crippen molar-refractivity contribution in [1.29, 1.82) is 0 Å². The summed E-state index contributed by atoms with van der Waals surface area (Å²) >= 11 is 3.47. The predicted octanol–water partition coefficient (Wildman–Crippen LogP) is 3.45. The Balaban J connectivity index is 1.56. The van der Waals surface area contributed by atoms with Crippen LogP contribution in [0.4, 0.5) is 0 Å². The topological polar surface area (TPSA) is 23.5 Å². The van der Waals surface area contributed by atoms with Gasteiger partial charge in [-0.1, -0.05) is 39.7 Å². The number of halogens is 1. The maximum atomic E-state index is 9.38. The fourth-order valence-corrected chi connectivity index (χ4v) is 3.24. The zero-order valence-electron chi connectivity index (χ0n) is 11.1. The summed E-state index contributed by atoms with van der Waals surface area (Å²) in [6.45, 7) is 2.31. The van der Waals surface area contributed by atoms with Gasteiger partial charge in [0.15, 0.2) is 0 Å². The van der Waals surface area contributed by atoms with Crippen LogP contribution in [-0.2, 0) is 0 Å². The Kier molecular flexibility index (Phi) is 4.06. The van der Waals surface area contributed by atoms with E-state index in [1.807, 2.05) is 0 Å². The van der Waals surface area contributed by atoms with Crippen molar-refractivity contribution in [3.05, 3.63) is 39.9 Å². The summed E-state index contributed by atoms with van der Waals surface area (Å²) < 4.78 is 1.13. The van der Waals surface area contributed by atoms with Gasteiger partial charge < -0.3 is 5.11 Å². The number of piperidine rings is 1. The van der Waals surface area contributed by atoms with Crippen LogP contribution < -0.4 is 0 Å². The molecule has 0 aromatic heterocycles. The van der Waals surface area contributed by atoms with Crippen LogP contribution in [0.15, 0.2) is 34.3 Å². The molecule has 0 bridgehead atoms. The van der Waals surface area contributed by atoms with Crippen LogP contribution in [0.1, 0.15) is 31.2 Å². The van der Waals surface area contributed by atoms with E-state index in [9.17, 15) is 5.11 Å². The second kappa shape index (κ2) is 5.78.